The van der Waals surface area contributed by atoms with Gasteiger partial charge in [0.2, 0.25) is 5.91 Å². The number of benzene rings is 1. The maximum Gasteiger partial charge on any atom is 0.224 e. The van der Waals surface area contributed by atoms with Crippen LogP contribution in [0.25, 0.3) is 0 Å². The summed E-state index contributed by atoms with van der Waals surface area (Å²) in [7, 11) is 1.87. The maximum atomic E-state index is 11.8. The Balaban J connectivity index is 0. The number of piperazine rings is 1. The average Bonchev–Trinajstić information content (AvgIpc) is 2.60. The smallest absolute Gasteiger partial charge is 0.224 e. The van der Waals surface area contributed by atoms with Crippen LogP contribution in [0.4, 0.5) is 5.69 Å². The molecule has 1 amide bonds. The largest absolute Gasteiger partial charge is 0.368 e. The van der Waals surface area contributed by atoms with Crippen LogP contribution in [0.2, 0.25) is 5.02 Å². The van der Waals surface area contributed by atoms with Gasteiger partial charge in [-0.3, -0.25) is 9.69 Å². The number of para-hydroxylation sites is 1. The Morgan fingerprint density at radius 1 is 1.15 bits per heavy atom. The van der Waals surface area contributed by atoms with Crippen molar-refractivity contribution in [2.75, 3.05) is 57.8 Å². The van der Waals surface area contributed by atoms with Crippen LogP contribution < -0.4 is 15.5 Å². The van der Waals surface area contributed by atoms with Crippen molar-refractivity contribution < 1.29 is 4.79 Å². The lowest BCUT2D eigenvalue weighted by molar-refractivity contribution is -0.124. The second-order valence-electron chi connectivity index (χ2n) is 6.38. The van der Waals surface area contributed by atoms with E-state index in [2.05, 4.69) is 26.5 Å². The predicted molar refractivity (Wildman–Crippen MR) is 123 cm³/mol. The highest BCUT2D eigenvalue weighted by atomic mass is 35.5. The average molecular weight is 462 g/mol. The van der Waals surface area contributed by atoms with Crippen LogP contribution in [0.3, 0.4) is 0 Å². The second-order valence-corrected chi connectivity index (χ2v) is 6.79. The predicted octanol–water partition coefficient (Wildman–Crippen LogP) is 3.09. The fraction of sp³-hybridized carbons (Fsp3) is 0.611. The number of halogens is 4. The first kappa shape index (κ1) is 28.8. The molecule has 158 valence electrons. The summed E-state index contributed by atoms with van der Waals surface area (Å²) in [5.41, 5.74) is 1.13. The fourth-order valence-corrected chi connectivity index (χ4v) is 3.26. The van der Waals surface area contributed by atoms with Gasteiger partial charge in [-0.1, -0.05) is 30.7 Å². The van der Waals surface area contributed by atoms with Crippen LogP contribution in [-0.2, 0) is 4.79 Å². The van der Waals surface area contributed by atoms with Crippen molar-refractivity contribution >= 4 is 60.4 Å². The normalized spacial score (nSPS) is 15.0. The molecule has 0 bridgehead atoms. The third-order valence-electron chi connectivity index (χ3n) is 4.47. The highest BCUT2D eigenvalue weighted by molar-refractivity contribution is 6.33. The zero-order valence-electron chi connectivity index (χ0n) is 15.9. The van der Waals surface area contributed by atoms with Gasteiger partial charge in [0, 0.05) is 45.2 Å². The van der Waals surface area contributed by atoms with Gasteiger partial charge < -0.3 is 15.5 Å². The molecular formula is C18H32Cl4N4O. The molecule has 1 fully saturated rings. The van der Waals surface area contributed by atoms with Crippen LogP contribution in [0.15, 0.2) is 24.3 Å². The van der Waals surface area contributed by atoms with Crippen LogP contribution >= 0.6 is 48.8 Å². The highest BCUT2D eigenvalue weighted by Gasteiger charge is 2.18. The molecule has 0 saturated carbocycles. The molecule has 0 aliphatic carbocycles. The van der Waals surface area contributed by atoms with Gasteiger partial charge in [-0.25, -0.2) is 0 Å². The molecule has 0 aromatic heterocycles. The van der Waals surface area contributed by atoms with Gasteiger partial charge in [0.1, 0.15) is 0 Å². The van der Waals surface area contributed by atoms with Crippen LogP contribution in [0, 0.1) is 5.92 Å². The van der Waals surface area contributed by atoms with Gasteiger partial charge in [0.05, 0.1) is 10.7 Å². The SMILES string of the molecule is CNCC(C)C(=O)NCCCN1CCN(c2ccccc2Cl)CC1.Cl.Cl.Cl. The monoisotopic (exact) mass is 460 g/mol. The molecule has 1 aliphatic rings. The van der Waals surface area contributed by atoms with Crippen LogP contribution in [0.1, 0.15) is 13.3 Å². The Kier molecular flexibility index (Phi) is 16.5. The van der Waals surface area contributed by atoms with E-state index in [1.165, 1.54) is 0 Å². The van der Waals surface area contributed by atoms with E-state index in [9.17, 15) is 4.79 Å². The number of amides is 1. The molecule has 1 aromatic carbocycles. The number of nitrogens with one attached hydrogen (secondary N) is 2. The number of hydrogen-bond acceptors (Lipinski definition) is 4. The summed E-state index contributed by atoms with van der Waals surface area (Å²) in [6.45, 7) is 8.50. The van der Waals surface area contributed by atoms with E-state index >= 15 is 0 Å². The first-order valence-corrected chi connectivity index (χ1v) is 9.13. The van der Waals surface area contributed by atoms with Crippen molar-refractivity contribution in [2.45, 2.75) is 13.3 Å². The lowest BCUT2D eigenvalue weighted by Gasteiger charge is -2.36. The minimum Gasteiger partial charge on any atom is -0.368 e. The summed E-state index contributed by atoms with van der Waals surface area (Å²) in [5, 5.41) is 6.87. The van der Waals surface area contributed by atoms with E-state index in [-0.39, 0.29) is 49.0 Å². The maximum absolute atomic E-state index is 11.8. The Hall–Kier alpha value is -0.430. The van der Waals surface area contributed by atoms with Crippen molar-refractivity contribution in [1.29, 1.82) is 0 Å². The molecule has 9 heteroatoms. The molecule has 0 radical (unpaired) electrons. The van der Waals surface area contributed by atoms with Crippen molar-refractivity contribution in [3.8, 4) is 0 Å². The van der Waals surface area contributed by atoms with Crippen LogP contribution in [-0.4, -0.2) is 63.7 Å². The summed E-state index contributed by atoms with van der Waals surface area (Å²) < 4.78 is 0. The van der Waals surface area contributed by atoms with E-state index < -0.39 is 0 Å². The molecule has 2 N–H and O–H groups in total. The minimum absolute atomic E-state index is 0. The van der Waals surface area contributed by atoms with Gasteiger partial charge in [-0.05, 0) is 32.1 Å². The highest BCUT2D eigenvalue weighted by Crippen LogP contribution is 2.25. The number of hydrogen-bond donors (Lipinski definition) is 2. The lowest BCUT2D eigenvalue weighted by Crippen LogP contribution is -2.47. The summed E-state index contributed by atoms with van der Waals surface area (Å²) in [6, 6.07) is 8.03. The third kappa shape index (κ3) is 9.55. The second kappa shape index (κ2) is 15.5. The quantitative estimate of drug-likeness (QED) is 0.584. The minimum atomic E-state index is 0. The number of anilines is 1. The van der Waals surface area contributed by atoms with E-state index in [1.54, 1.807) is 0 Å². The van der Waals surface area contributed by atoms with Crippen molar-refractivity contribution in [3.63, 3.8) is 0 Å². The first-order valence-electron chi connectivity index (χ1n) is 8.76. The van der Waals surface area contributed by atoms with Crippen molar-refractivity contribution in [2.24, 2.45) is 5.92 Å². The van der Waals surface area contributed by atoms with E-state index in [0.29, 0.717) is 0 Å². The molecule has 1 aliphatic heterocycles. The van der Waals surface area contributed by atoms with Gasteiger partial charge in [0.25, 0.3) is 0 Å². The molecule has 0 spiro atoms. The Labute approximate surface area is 186 Å². The van der Waals surface area contributed by atoms with E-state index in [1.807, 2.05) is 32.2 Å². The molecule has 27 heavy (non-hydrogen) atoms. The molecule has 1 heterocycles. The number of rotatable bonds is 8. The number of carbonyl (C=O) groups is 1. The Morgan fingerprint density at radius 2 is 1.78 bits per heavy atom. The van der Waals surface area contributed by atoms with Crippen LogP contribution in [0.5, 0.6) is 0 Å². The Bertz CT molecular complexity index is 528. The molecular weight excluding hydrogens is 430 g/mol. The molecule has 1 unspecified atom stereocenters. The zero-order valence-corrected chi connectivity index (χ0v) is 19.2. The summed E-state index contributed by atoms with van der Waals surface area (Å²) >= 11 is 6.27. The lowest BCUT2D eigenvalue weighted by atomic mass is 10.1. The first-order chi connectivity index (χ1) is 11.6. The summed E-state index contributed by atoms with van der Waals surface area (Å²) in [5.74, 6) is 0.155. The molecule has 1 saturated heterocycles. The third-order valence-corrected chi connectivity index (χ3v) is 4.79. The van der Waals surface area contributed by atoms with Gasteiger partial charge in [-0.15, -0.1) is 37.2 Å². The van der Waals surface area contributed by atoms with E-state index in [4.69, 9.17) is 11.6 Å². The Morgan fingerprint density at radius 3 is 2.37 bits per heavy atom. The molecule has 1 atom stereocenters. The fourth-order valence-electron chi connectivity index (χ4n) is 3.01. The number of carbonyl (C=O) groups excluding carboxylic acids is 1. The van der Waals surface area contributed by atoms with E-state index in [0.717, 1.165) is 62.9 Å². The number of nitrogens with zero attached hydrogens (tertiary/aromatic N) is 2. The van der Waals surface area contributed by atoms with Crippen molar-refractivity contribution in [1.82, 2.24) is 15.5 Å². The summed E-state index contributed by atoms with van der Waals surface area (Å²) in [4.78, 5) is 16.6. The molecule has 5 nitrogen and oxygen atoms in total. The van der Waals surface area contributed by atoms with Gasteiger partial charge in [-0.2, -0.15) is 0 Å². The zero-order chi connectivity index (χ0) is 17.4. The standard InChI is InChI=1S/C18H29ClN4O.3ClH/c1-15(14-20-2)18(24)21-8-5-9-22-10-12-23(13-11-22)17-7-4-3-6-16(17)19;;;/h3-4,6-7,15,20H,5,8-14H2,1-2H3,(H,21,24);3*1H. The molecule has 1 aromatic rings. The molecule has 2 rings (SSSR count). The van der Waals surface area contributed by atoms with Gasteiger partial charge in [0.15, 0.2) is 0 Å². The topological polar surface area (TPSA) is 47.6 Å². The van der Waals surface area contributed by atoms with Crippen molar-refractivity contribution in [3.05, 3.63) is 29.3 Å². The van der Waals surface area contributed by atoms with Gasteiger partial charge >= 0.3 is 0 Å². The summed E-state index contributed by atoms with van der Waals surface area (Å²) in [6.07, 6.45) is 0.990.